The van der Waals surface area contributed by atoms with Gasteiger partial charge in [0.05, 0.1) is 0 Å². The summed E-state index contributed by atoms with van der Waals surface area (Å²) in [5, 5.41) is 2.34. The zero-order chi connectivity index (χ0) is 8.27. The Bertz CT molecular complexity index is 318. The maximum Gasteiger partial charge on any atom is 0.252 e. The molecule has 0 aromatic carbocycles. The van der Waals surface area contributed by atoms with Crippen molar-refractivity contribution in [2.45, 2.75) is 6.92 Å². The van der Waals surface area contributed by atoms with E-state index in [2.05, 4.69) is 15.3 Å². The van der Waals surface area contributed by atoms with Crippen molar-refractivity contribution >= 4 is 11.9 Å². The predicted octanol–water partition coefficient (Wildman–Crippen LogP) is -0.272. The molecule has 1 heterocycles. The Balaban J connectivity index is 2.88. The van der Waals surface area contributed by atoms with E-state index in [-0.39, 0.29) is 17.4 Å². The molecule has 0 atom stereocenters. The summed E-state index contributed by atoms with van der Waals surface area (Å²) in [5.74, 6) is -0.0932. The minimum Gasteiger partial charge on any atom is -0.296 e. The average Bonchev–Trinajstić information content (AvgIpc) is 1.85. The highest BCUT2D eigenvalue weighted by atomic mass is 16.1. The Kier molecular flexibility index (Phi) is 2.00. The largest absolute Gasteiger partial charge is 0.296 e. The van der Waals surface area contributed by atoms with Crippen molar-refractivity contribution in [3.63, 3.8) is 0 Å². The molecule has 0 aliphatic heterocycles. The maximum atomic E-state index is 10.6. The lowest BCUT2D eigenvalue weighted by Crippen LogP contribution is -2.14. The quantitative estimate of drug-likeness (QED) is 0.583. The first-order chi connectivity index (χ1) is 5.18. The van der Waals surface area contributed by atoms with Gasteiger partial charge in [-0.2, -0.15) is 0 Å². The van der Waals surface area contributed by atoms with Gasteiger partial charge in [0.25, 0.3) is 5.56 Å². The minimum absolute atomic E-state index is 0.171. The molecule has 1 aromatic heterocycles. The lowest BCUT2D eigenvalue weighted by atomic mass is 10.6. The fraction of sp³-hybridized carbons (Fsp3) is 0.167. The number of carbonyl (C=O) groups is 1. The molecule has 5 nitrogen and oxygen atoms in total. The van der Waals surface area contributed by atoms with Crippen LogP contribution in [-0.2, 0) is 4.79 Å². The predicted molar refractivity (Wildman–Crippen MR) is 39.2 cm³/mol. The van der Waals surface area contributed by atoms with Crippen LogP contribution in [0.15, 0.2) is 17.1 Å². The van der Waals surface area contributed by atoms with Crippen LogP contribution in [0.4, 0.5) is 5.95 Å². The van der Waals surface area contributed by atoms with Gasteiger partial charge in [0.2, 0.25) is 11.9 Å². The fourth-order valence-corrected chi connectivity index (χ4v) is 0.600. The second-order valence-electron chi connectivity index (χ2n) is 1.96. The van der Waals surface area contributed by atoms with Gasteiger partial charge in [-0.1, -0.05) is 0 Å². The molecule has 0 unspecified atom stereocenters. The Hall–Kier alpha value is -1.65. The van der Waals surface area contributed by atoms with Gasteiger partial charge in [-0.15, -0.1) is 0 Å². The summed E-state index contributed by atoms with van der Waals surface area (Å²) in [6.07, 6.45) is 1.32. The highest BCUT2D eigenvalue weighted by Crippen LogP contribution is 1.88. The molecule has 0 aliphatic rings. The van der Waals surface area contributed by atoms with Gasteiger partial charge in [-0.05, 0) is 0 Å². The number of aromatic nitrogens is 2. The number of aromatic amines is 1. The van der Waals surface area contributed by atoms with Crippen LogP contribution >= 0.6 is 0 Å². The maximum absolute atomic E-state index is 10.6. The zero-order valence-electron chi connectivity index (χ0n) is 5.92. The number of amides is 1. The monoisotopic (exact) mass is 153 g/mol. The Morgan fingerprint density at radius 2 is 2.45 bits per heavy atom. The summed E-state index contributed by atoms with van der Waals surface area (Å²) >= 11 is 0. The van der Waals surface area contributed by atoms with Crippen molar-refractivity contribution in [1.29, 1.82) is 0 Å². The van der Waals surface area contributed by atoms with E-state index < -0.39 is 0 Å². The third-order valence-corrected chi connectivity index (χ3v) is 0.966. The van der Waals surface area contributed by atoms with Crippen LogP contribution in [0, 0.1) is 0 Å². The number of H-pyrrole nitrogens is 1. The molecular formula is C6H7N3O2. The lowest BCUT2D eigenvalue weighted by Gasteiger charge is -1.96. The highest BCUT2D eigenvalue weighted by molar-refractivity contribution is 5.86. The van der Waals surface area contributed by atoms with Crippen LogP contribution in [0.5, 0.6) is 0 Å². The average molecular weight is 153 g/mol. The molecule has 0 radical (unpaired) electrons. The molecule has 5 heteroatoms. The number of nitrogens with one attached hydrogen (secondary N) is 2. The van der Waals surface area contributed by atoms with Crippen molar-refractivity contribution < 1.29 is 4.79 Å². The molecule has 1 rings (SSSR count). The summed E-state index contributed by atoms with van der Waals surface area (Å²) in [5.41, 5.74) is -0.288. The summed E-state index contributed by atoms with van der Waals surface area (Å²) in [4.78, 5) is 27.1. The Morgan fingerprint density at radius 1 is 1.73 bits per heavy atom. The third-order valence-electron chi connectivity index (χ3n) is 0.966. The smallest absolute Gasteiger partial charge is 0.252 e. The normalized spacial score (nSPS) is 9.18. The van der Waals surface area contributed by atoms with Gasteiger partial charge in [0.15, 0.2) is 0 Å². The number of rotatable bonds is 1. The third kappa shape index (κ3) is 2.21. The molecule has 0 bridgehead atoms. The first-order valence-electron chi connectivity index (χ1n) is 3.01. The van der Waals surface area contributed by atoms with Gasteiger partial charge in [-0.3, -0.25) is 19.9 Å². The van der Waals surface area contributed by atoms with E-state index in [0.29, 0.717) is 0 Å². The number of nitrogens with zero attached hydrogens (tertiary/aromatic N) is 1. The van der Waals surface area contributed by atoms with Crippen LogP contribution < -0.4 is 10.9 Å². The summed E-state index contributed by atoms with van der Waals surface area (Å²) in [6.45, 7) is 1.34. The first-order valence-corrected chi connectivity index (χ1v) is 3.01. The molecule has 2 N–H and O–H groups in total. The minimum atomic E-state index is -0.288. The zero-order valence-corrected chi connectivity index (χ0v) is 5.92. The van der Waals surface area contributed by atoms with Gasteiger partial charge < -0.3 is 0 Å². The molecule has 1 amide bonds. The van der Waals surface area contributed by atoms with Gasteiger partial charge in [0, 0.05) is 19.2 Å². The molecule has 58 valence electrons. The van der Waals surface area contributed by atoms with Crippen LogP contribution in [0.2, 0.25) is 0 Å². The molecular weight excluding hydrogens is 146 g/mol. The Morgan fingerprint density at radius 3 is 3.00 bits per heavy atom. The van der Waals surface area contributed by atoms with Crippen LogP contribution in [-0.4, -0.2) is 15.9 Å². The summed E-state index contributed by atoms with van der Waals surface area (Å²) in [6, 6.07) is 1.27. The SMILES string of the molecule is CC(=O)Nc1nccc(=O)[nH]1. The Labute approximate surface area is 62.5 Å². The second kappa shape index (κ2) is 2.96. The summed E-state index contributed by atoms with van der Waals surface area (Å²) < 4.78 is 0. The van der Waals surface area contributed by atoms with E-state index in [0.717, 1.165) is 0 Å². The first kappa shape index (κ1) is 7.46. The number of carbonyl (C=O) groups excluding carboxylic acids is 1. The molecule has 1 aromatic rings. The van der Waals surface area contributed by atoms with Crippen molar-refractivity contribution in [3.8, 4) is 0 Å². The molecule has 0 saturated carbocycles. The van der Waals surface area contributed by atoms with Gasteiger partial charge >= 0.3 is 0 Å². The van der Waals surface area contributed by atoms with Crippen molar-refractivity contribution in [2.75, 3.05) is 5.32 Å². The van der Waals surface area contributed by atoms with E-state index in [9.17, 15) is 9.59 Å². The fourth-order valence-electron chi connectivity index (χ4n) is 0.600. The second-order valence-corrected chi connectivity index (χ2v) is 1.96. The van der Waals surface area contributed by atoms with E-state index in [1.54, 1.807) is 0 Å². The van der Waals surface area contributed by atoms with Crippen LogP contribution in [0.25, 0.3) is 0 Å². The highest BCUT2D eigenvalue weighted by Gasteiger charge is 1.94. The standard InChI is InChI=1S/C6H7N3O2/c1-4(10)8-6-7-3-2-5(11)9-6/h2-3H,1H3,(H2,7,8,9,10,11). The molecule has 0 aliphatic carbocycles. The summed E-state index contributed by atoms with van der Waals surface area (Å²) in [7, 11) is 0. The van der Waals surface area contributed by atoms with Gasteiger partial charge in [-0.25, -0.2) is 4.98 Å². The van der Waals surface area contributed by atoms with Crippen LogP contribution in [0.1, 0.15) is 6.92 Å². The number of hydrogen-bond acceptors (Lipinski definition) is 3. The molecule has 0 saturated heterocycles. The molecule has 0 spiro atoms. The van der Waals surface area contributed by atoms with E-state index in [1.165, 1.54) is 19.2 Å². The molecule has 11 heavy (non-hydrogen) atoms. The van der Waals surface area contributed by atoms with Crippen LogP contribution in [0.3, 0.4) is 0 Å². The van der Waals surface area contributed by atoms with Crippen molar-refractivity contribution in [3.05, 3.63) is 22.6 Å². The van der Waals surface area contributed by atoms with E-state index in [1.807, 2.05) is 0 Å². The van der Waals surface area contributed by atoms with Crippen molar-refractivity contribution in [2.24, 2.45) is 0 Å². The lowest BCUT2D eigenvalue weighted by molar-refractivity contribution is -0.114. The number of hydrogen-bond donors (Lipinski definition) is 2. The van der Waals surface area contributed by atoms with E-state index >= 15 is 0 Å². The molecule has 0 fully saturated rings. The van der Waals surface area contributed by atoms with E-state index in [4.69, 9.17) is 0 Å². The topological polar surface area (TPSA) is 74.8 Å². The number of anilines is 1. The van der Waals surface area contributed by atoms with Crippen molar-refractivity contribution in [1.82, 2.24) is 9.97 Å². The van der Waals surface area contributed by atoms with Gasteiger partial charge in [0.1, 0.15) is 0 Å².